The molecule has 106 valence electrons. The van der Waals surface area contributed by atoms with Crippen LogP contribution in [0.3, 0.4) is 0 Å². The van der Waals surface area contributed by atoms with Crippen LogP contribution in [0.1, 0.15) is 5.56 Å². The second-order valence-corrected chi connectivity index (χ2v) is 6.83. The van der Waals surface area contributed by atoms with Crippen molar-refractivity contribution in [3.8, 4) is 0 Å². The Morgan fingerprint density at radius 2 is 2.00 bits per heavy atom. The molecule has 0 saturated carbocycles. The molecule has 1 heterocycles. The summed E-state index contributed by atoms with van der Waals surface area (Å²) < 4.78 is 27.0. The number of pyridine rings is 1. The van der Waals surface area contributed by atoms with E-state index < -0.39 is 10.0 Å². The van der Waals surface area contributed by atoms with E-state index in [2.05, 4.69) is 31.0 Å². The highest BCUT2D eigenvalue weighted by Crippen LogP contribution is 2.18. The lowest BCUT2D eigenvalue weighted by molar-refractivity contribution is 0.587. The van der Waals surface area contributed by atoms with Gasteiger partial charge in [-0.1, -0.05) is 18.2 Å². The maximum Gasteiger partial charge on any atom is 0.240 e. The third kappa shape index (κ3) is 3.56. The van der Waals surface area contributed by atoms with Gasteiger partial charge in [0.1, 0.15) is 0 Å². The van der Waals surface area contributed by atoms with E-state index in [4.69, 9.17) is 0 Å². The van der Waals surface area contributed by atoms with Crippen molar-refractivity contribution >= 4 is 31.6 Å². The third-order valence-electron chi connectivity index (χ3n) is 2.72. The minimum absolute atomic E-state index is 0.276. The monoisotopic (exact) mass is 355 g/mol. The van der Waals surface area contributed by atoms with Gasteiger partial charge in [-0.05, 0) is 40.7 Å². The maximum absolute atomic E-state index is 11.9. The van der Waals surface area contributed by atoms with Crippen molar-refractivity contribution in [2.45, 2.75) is 11.4 Å². The normalized spacial score (nSPS) is 11.3. The Hall–Kier alpha value is -1.44. The van der Waals surface area contributed by atoms with E-state index in [-0.39, 0.29) is 4.90 Å². The van der Waals surface area contributed by atoms with E-state index in [0.29, 0.717) is 12.1 Å². The van der Waals surface area contributed by atoms with Crippen LogP contribution in [0.25, 0.3) is 0 Å². The largest absolute Gasteiger partial charge is 0.380 e. The molecule has 0 aliphatic heterocycles. The maximum atomic E-state index is 11.9. The van der Waals surface area contributed by atoms with Gasteiger partial charge in [0.15, 0.2) is 0 Å². The van der Waals surface area contributed by atoms with Crippen molar-refractivity contribution < 1.29 is 8.42 Å². The molecule has 1 aromatic heterocycles. The van der Waals surface area contributed by atoms with Crippen molar-refractivity contribution in [1.82, 2.24) is 9.71 Å². The highest BCUT2D eigenvalue weighted by Gasteiger charge is 2.15. The first-order chi connectivity index (χ1) is 9.53. The van der Waals surface area contributed by atoms with Crippen LogP contribution >= 0.6 is 15.9 Å². The smallest absolute Gasteiger partial charge is 0.240 e. The van der Waals surface area contributed by atoms with Crippen molar-refractivity contribution in [3.05, 3.63) is 52.8 Å². The molecule has 20 heavy (non-hydrogen) atoms. The predicted molar refractivity (Wildman–Crippen MR) is 82.0 cm³/mol. The van der Waals surface area contributed by atoms with Gasteiger partial charge in [0, 0.05) is 17.2 Å². The lowest BCUT2D eigenvalue weighted by atomic mass is 10.2. The third-order valence-corrected chi connectivity index (χ3v) is 4.67. The molecule has 0 saturated heterocycles. The standard InChI is InChI=1S/C13H14BrN3O2S/c1-15-20(18,19)13-5-3-2-4-10(13)7-17-12-6-11(14)8-16-9-12/h2-6,8-9,15,17H,7H2,1H3. The van der Waals surface area contributed by atoms with Gasteiger partial charge in [0.2, 0.25) is 10.0 Å². The quantitative estimate of drug-likeness (QED) is 0.863. The van der Waals surface area contributed by atoms with Gasteiger partial charge in [-0.3, -0.25) is 4.98 Å². The number of nitrogens with one attached hydrogen (secondary N) is 2. The van der Waals surface area contributed by atoms with Crippen LogP contribution < -0.4 is 10.0 Å². The summed E-state index contributed by atoms with van der Waals surface area (Å²) in [6.07, 6.45) is 3.37. The minimum atomic E-state index is -3.46. The summed E-state index contributed by atoms with van der Waals surface area (Å²) in [6, 6.07) is 8.76. The molecule has 2 aromatic rings. The minimum Gasteiger partial charge on any atom is -0.380 e. The number of anilines is 1. The van der Waals surface area contributed by atoms with Crippen LogP contribution in [-0.4, -0.2) is 20.4 Å². The van der Waals surface area contributed by atoms with Crippen LogP contribution in [0.5, 0.6) is 0 Å². The summed E-state index contributed by atoms with van der Waals surface area (Å²) in [7, 11) is -2.06. The number of benzene rings is 1. The van der Waals surface area contributed by atoms with Crippen LogP contribution in [0.15, 0.2) is 52.1 Å². The first-order valence-electron chi connectivity index (χ1n) is 5.89. The molecule has 0 fully saturated rings. The fourth-order valence-corrected chi connectivity index (χ4v) is 3.06. The highest BCUT2D eigenvalue weighted by atomic mass is 79.9. The zero-order valence-corrected chi connectivity index (χ0v) is 13.2. The molecule has 2 rings (SSSR count). The number of halogens is 1. The van der Waals surface area contributed by atoms with Crippen LogP contribution in [-0.2, 0) is 16.6 Å². The van der Waals surface area contributed by atoms with Crippen molar-refractivity contribution in [2.24, 2.45) is 0 Å². The molecule has 1 aromatic carbocycles. The summed E-state index contributed by atoms with van der Waals surface area (Å²) >= 11 is 3.34. The molecule has 5 nitrogen and oxygen atoms in total. The van der Waals surface area contributed by atoms with Gasteiger partial charge in [-0.25, -0.2) is 13.1 Å². The van der Waals surface area contributed by atoms with E-state index in [0.717, 1.165) is 10.2 Å². The first kappa shape index (κ1) is 15.0. The first-order valence-corrected chi connectivity index (χ1v) is 8.16. The van der Waals surface area contributed by atoms with Gasteiger partial charge in [0.05, 0.1) is 16.8 Å². The van der Waals surface area contributed by atoms with Crippen molar-refractivity contribution in [3.63, 3.8) is 0 Å². The summed E-state index contributed by atoms with van der Waals surface area (Å²) in [5.74, 6) is 0. The SMILES string of the molecule is CNS(=O)(=O)c1ccccc1CNc1cncc(Br)c1. The Kier molecular flexibility index (Phi) is 4.74. The topological polar surface area (TPSA) is 71.1 Å². The fraction of sp³-hybridized carbons (Fsp3) is 0.154. The molecule has 0 aliphatic rings. The second kappa shape index (κ2) is 6.34. The number of hydrogen-bond acceptors (Lipinski definition) is 4. The van der Waals surface area contributed by atoms with Crippen LogP contribution in [0.4, 0.5) is 5.69 Å². The molecule has 0 amide bonds. The van der Waals surface area contributed by atoms with Gasteiger partial charge < -0.3 is 5.32 Å². The molecular formula is C13H14BrN3O2S. The lowest BCUT2D eigenvalue weighted by Gasteiger charge is -2.11. The molecule has 0 radical (unpaired) electrons. The van der Waals surface area contributed by atoms with Crippen molar-refractivity contribution in [1.29, 1.82) is 0 Å². The number of hydrogen-bond donors (Lipinski definition) is 2. The molecule has 0 bridgehead atoms. The summed E-state index contributed by atoms with van der Waals surface area (Å²) in [4.78, 5) is 4.32. The molecule has 0 spiro atoms. The van der Waals surface area contributed by atoms with Gasteiger partial charge in [-0.15, -0.1) is 0 Å². The van der Waals surface area contributed by atoms with Crippen LogP contribution in [0, 0.1) is 0 Å². The molecular weight excluding hydrogens is 342 g/mol. The zero-order valence-electron chi connectivity index (χ0n) is 10.8. The summed E-state index contributed by atoms with van der Waals surface area (Å²) in [5.41, 5.74) is 1.51. The Bertz CT molecular complexity index is 704. The van der Waals surface area contributed by atoms with Crippen LogP contribution in [0.2, 0.25) is 0 Å². The number of nitrogens with zero attached hydrogens (tertiary/aromatic N) is 1. The highest BCUT2D eigenvalue weighted by molar-refractivity contribution is 9.10. The van der Waals surface area contributed by atoms with E-state index in [1.165, 1.54) is 7.05 Å². The molecule has 2 N–H and O–H groups in total. The van der Waals surface area contributed by atoms with Gasteiger partial charge in [-0.2, -0.15) is 0 Å². The molecule has 7 heteroatoms. The Balaban J connectivity index is 2.22. The second-order valence-electron chi connectivity index (χ2n) is 4.06. The number of sulfonamides is 1. The average Bonchev–Trinajstić information content (AvgIpc) is 2.45. The number of rotatable bonds is 5. The Morgan fingerprint density at radius 3 is 2.70 bits per heavy atom. The Labute approximate surface area is 126 Å². The Morgan fingerprint density at radius 1 is 1.25 bits per heavy atom. The predicted octanol–water partition coefficient (Wildman–Crippen LogP) is 2.36. The number of aromatic nitrogens is 1. The van der Waals surface area contributed by atoms with E-state index in [1.54, 1.807) is 30.6 Å². The summed E-state index contributed by atoms with van der Waals surface area (Å²) in [5, 5.41) is 3.15. The van der Waals surface area contributed by atoms with E-state index >= 15 is 0 Å². The van der Waals surface area contributed by atoms with E-state index in [1.807, 2.05) is 12.1 Å². The van der Waals surface area contributed by atoms with Crippen molar-refractivity contribution in [2.75, 3.05) is 12.4 Å². The van der Waals surface area contributed by atoms with E-state index in [9.17, 15) is 8.42 Å². The van der Waals surface area contributed by atoms with Gasteiger partial charge >= 0.3 is 0 Å². The zero-order chi connectivity index (χ0) is 14.6. The fourth-order valence-electron chi connectivity index (χ4n) is 1.73. The lowest BCUT2D eigenvalue weighted by Crippen LogP contribution is -2.20. The summed E-state index contributed by atoms with van der Waals surface area (Å²) in [6.45, 7) is 0.398. The van der Waals surface area contributed by atoms with Gasteiger partial charge in [0.25, 0.3) is 0 Å². The molecule has 0 atom stereocenters. The average molecular weight is 356 g/mol. The molecule has 0 unspecified atom stereocenters. The molecule has 0 aliphatic carbocycles.